The molecule has 62 heavy (non-hydrogen) atoms. The van der Waals surface area contributed by atoms with Gasteiger partial charge in [0.25, 0.3) is 0 Å². The molecule has 1 aliphatic carbocycles. The van der Waals surface area contributed by atoms with Crippen LogP contribution < -0.4 is 0 Å². The summed E-state index contributed by atoms with van der Waals surface area (Å²) < 4.78 is 2.62. The fourth-order valence-corrected chi connectivity index (χ4v) is 11.1. The van der Waals surface area contributed by atoms with Crippen molar-refractivity contribution in [2.24, 2.45) is 0 Å². The van der Waals surface area contributed by atoms with Crippen LogP contribution in [0.1, 0.15) is 22.3 Å². The molecule has 0 spiro atoms. The summed E-state index contributed by atoms with van der Waals surface area (Å²) >= 11 is 1.86. The lowest BCUT2D eigenvalue weighted by Gasteiger charge is -2.34. The van der Waals surface area contributed by atoms with Crippen LogP contribution in [0.15, 0.2) is 231 Å². The summed E-state index contributed by atoms with van der Waals surface area (Å²) in [5.41, 5.74) is 16.7. The first-order valence-corrected chi connectivity index (χ1v) is 22.0. The fourth-order valence-electron chi connectivity index (χ4n) is 9.81. The second-order valence-electron chi connectivity index (χ2n) is 16.0. The van der Waals surface area contributed by atoms with Crippen LogP contribution in [0.2, 0.25) is 0 Å². The molecule has 0 amide bonds. The van der Waals surface area contributed by atoms with Crippen LogP contribution in [0.5, 0.6) is 0 Å². The summed E-state index contributed by atoms with van der Waals surface area (Å²) in [6.45, 7) is 0. The Morgan fingerprint density at radius 1 is 0.323 bits per heavy atom. The SMILES string of the molecule is c1ccc(-c2nc(-c3ccc(-c4cccc5c4sc4ccccc45)cc3)cc(-c3ccccc3-c3ccc4c(c3)C(c3ccccc3)(c3ccccc3)c3ccccc3-4)n2)cc1. The van der Waals surface area contributed by atoms with E-state index in [1.165, 1.54) is 64.7 Å². The summed E-state index contributed by atoms with van der Waals surface area (Å²) in [7, 11) is 0. The molecular formula is C59H38N2S. The van der Waals surface area contributed by atoms with Gasteiger partial charge in [-0.25, -0.2) is 9.97 Å². The van der Waals surface area contributed by atoms with Crippen molar-refractivity contribution in [3.63, 3.8) is 0 Å². The number of thiophene rings is 1. The number of hydrogen-bond donors (Lipinski definition) is 0. The van der Waals surface area contributed by atoms with Gasteiger partial charge in [-0.3, -0.25) is 0 Å². The molecule has 2 nitrogen and oxygen atoms in total. The van der Waals surface area contributed by atoms with Gasteiger partial charge in [-0.15, -0.1) is 11.3 Å². The Morgan fingerprint density at radius 3 is 1.63 bits per heavy atom. The van der Waals surface area contributed by atoms with Crippen LogP contribution in [-0.4, -0.2) is 9.97 Å². The second-order valence-corrected chi connectivity index (χ2v) is 17.1. The van der Waals surface area contributed by atoms with E-state index in [1.807, 2.05) is 17.4 Å². The molecule has 2 heterocycles. The Labute approximate surface area is 365 Å². The number of fused-ring (bicyclic) bond motifs is 6. The molecule has 9 aromatic carbocycles. The number of benzene rings is 9. The van der Waals surface area contributed by atoms with Gasteiger partial charge >= 0.3 is 0 Å². The third-order valence-corrected chi connectivity index (χ3v) is 13.8. The molecule has 12 rings (SSSR count). The summed E-state index contributed by atoms with van der Waals surface area (Å²) in [5.74, 6) is 0.698. The molecule has 0 fully saturated rings. The minimum absolute atomic E-state index is 0.489. The normalized spacial score (nSPS) is 12.6. The van der Waals surface area contributed by atoms with Gasteiger partial charge in [0, 0.05) is 36.9 Å². The minimum Gasteiger partial charge on any atom is -0.228 e. The highest BCUT2D eigenvalue weighted by Gasteiger charge is 2.46. The monoisotopic (exact) mass is 806 g/mol. The average molecular weight is 807 g/mol. The van der Waals surface area contributed by atoms with E-state index in [-0.39, 0.29) is 0 Å². The van der Waals surface area contributed by atoms with Crippen molar-refractivity contribution in [2.45, 2.75) is 5.41 Å². The van der Waals surface area contributed by atoms with Crippen LogP contribution in [0, 0.1) is 0 Å². The van der Waals surface area contributed by atoms with Crippen LogP contribution >= 0.6 is 11.3 Å². The van der Waals surface area contributed by atoms with E-state index in [9.17, 15) is 0 Å². The quantitative estimate of drug-likeness (QED) is 0.160. The van der Waals surface area contributed by atoms with Crippen molar-refractivity contribution < 1.29 is 0 Å². The maximum absolute atomic E-state index is 5.32. The van der Waals surface area contributed by atoms with Gasteiger partial charge in [0.05, 0.1) is 16.8 Å². The first-order valence-electron chi connectivity index (χ1n) is 21.1. The predicted octanol–water partition coefficient (Wildman–Crippen LogP) is 15.5. The molecule has 0 bridgehead atoms. The summed E-state index contributed by atoms with van der Waals surface area (Å²) in [5, 5.41) is 2.61. The van der Waals surface area contributed by atoms with Gasteiger partial charge < -0.3 is 0 Å². The summed E-state index contributed by atoms with van der Waals surface area (Å²) in [6, 6.07) is 83.4. The van der Waals surface area contributed by atoms with Crippen LogP contribution in [0.3, 0.4) is 0 Å². The third kappa shape index (κ3) is 5.78. The summed E-state index contributed by atoms with van der Waals surface area (Å²) in [6.07, 6.45) is 0. The van der Waals surface area contributed by atoms with E-state index in [1.54, 1.807) is 0 Å². The van der Waals surface area contributed by atoms with E-state index >= 15 is 0 Å². The largest absolute Gasteiger partial charge is 0.228 e. The zero-order valence-electron chi connectivity index (χ0n) is 33.7. The highest BCUT2D eigenvalue weighted by atomic mass is 32.1. The molecule has 3 heteroatoms. The minimum atomic E-state index is -0.489. The molecule has 11 aromatic rings. The van der Waals surface area contributed by atoms with Crippen molar-refractivity contribution in [1.82, 2.24) is 9.97 Å². The molecule has 0 atom stereocenters. The zero-order valence-corrected chi connectivity index (χ0v) is 34.6. The smallest absolute Gasteiger partial charge is 0.160 e. The Bertz CT molecular complexity index is 3400. The standard InChI is InChI=1S/C59H38N2S/c1-4-17-41(18-5-1)58-60-54(40-33-31-39(32-34-40)46-27-16-28-51-50-26-13-15-30-56(50)62-57(46)51)38-55(61-58)49-25-11-10-23-45(49)42-35-36-48-47-24-12-14-29-52(47)59(53(48)37-42,43-19-6-2-7-20-43)44-21-8-3-9-22-44/h1-38H. The van der Waals surface area contributed by atoms with Gasteiger partial charge in [-0.1, -0.05) is 212 Å². The van der Waals surface area contributed by atoms with Crippen LogP contribution in [-0.2, 0) is 5.41 Å². The van der Waals surface area contributed by atoms with Crippen molar-refractivity contribution in [3.05, 3.63) is 253 Å². The fraction of sp³-hybridized carbons (Fsp3) is 0.0169. The first-order chi connectivity index (χ1) is 30.7. The Kier molecular flexibility index (Phi) is 8.62. The van der Waals surface area contributed by atoms with Gasteiger partial charge in [0.1, 0.15) is 0 Å². The molecule has 0 aliphatic heterocycles. The summed E-state index contributed by atoms with van der Waals surface area (Å²) in [4.78, 5) is 10.6. The van der Waals surface area contributed by atoms with Gasteiger partial charge in [-0.2, -0.15) is 0 Å². The second kappa shape index (κ2) is 14.8. The molecule has 2 aromatic heterocycles. The lowest BCUT2D eigenvalue weighted by Crippen LogP contribution is -2.28. The Morgan fingerprint density at radius 2 is 0.871 bits per heavy atom. The first kappa shape index (κ1) is 36.2. The molecule has 0 saturated carbocycles. The van der Waals surface area contributed by atoms with Crippen LogP contribution in [0.25, 0.3) is 87.5 Å². The van der Waals surface area contributed by atoms with Gasteiger partial charge in [0.15, 0.2) is 5.82 Å². The molecule has 290 valence electrons. The van der Waals surface area contributed by atoms with Crippen molar-refractivity contribution in [1.29, 1.82) is 0 Å². The van der Waals surface area contributed by atoms with E-state index in [0.717, 1.165) is 39.2 Å². The number of nitrogens with zero attached hydrogens (tertiary/aromatic N) is 2. The average Bonchev–Trinajstić information content (AvgIpc) is 3.89. The van der Waals surface area contributed by atoms with Crippen molar-refractivity contribution in [2.75, 3.05) is 0 Å². The topological polar surface area (TPSA) is 25.8 Å². The molecular weight excluding hydrogens is 769 g/mol. The zero-order chi connectivity index (χ0) is 41.0. The van der Waals surface area contributed by atoms with Crippen molar-refractivity contribution in [3.8, 4) is 67.3 Å². The number of hydrogen-bond acceptors (Lipinski definition) is 3. The number of aromatic nitrogens is 2. The Balaban J connectivity index is 1.01. The highest BCUT2D eigenvalue weighted by Crippen LogP contribution is 2.57. The molecule has 0 saturated heterocycles. The molecule has 0 unspecified atom stereocenters. The van der Waals surface area contributed by atoms with Gasteiger partial charge in [-0.05, 0) is 73.8 Å². The molecule has 0 radical (unpaired) electrons. The van der Waals surface area contributed by atoms with E-state index in [0.29, 0.717) is 5.82 Å². The number of rotatable bonds is 7. The Hall–Kier alpha value is -7.72. The van der Waals surface area contributed by atoms with Gasteiger partial charge in [0.2, 0.25) is 0 Å². The maximum atomic E-state index is 5.32. The lowest BCUT2D eigenvalue weighted by molar-refractivity contribution is 0.769. The van der Waals surface area contributed by atoms with E-state index in [2.05, 4.69) is 224 Å². The van der Waals surface area contributed by atoms with Crippen LogP contribution in [0.4, 0.5) is 0 Å². The van der Waals surface area contributed by atoms with E-state index < -0.39 is 5.41 Å². The van der Waals surface area contributed by atoms with E-state index in [4.69, 9.17) is 9.97 Å². The van der Waals surface area contributed by atoms with Crippen molar-refractivity contribution >= 4 is 31.5 Å². The third-order valence-electron chi connectivity index (χ3n) is 12.6. The molecule has 1 aliphatic rings. The predicted molar refractivity (Wildman–Crippen MR) is 259 cm³/mol. The highest BCUT2D eigenvalue weighted by molar-refractivity contribution is 7.26. The molecule has 0 N–H and O–H groups in total. The maximum Gasteiger partial charge on any atom is 0.160 e. The lowest BCUT2D eigenvalue weighted by atomic mass is 9.67.